The number of fused-ring (bicyclic) bond motifs is 3. The van der Waals surface area contributed by atoms with E-state index in [0.29, 0.717) is 23.0 Å². The Morgan fingerprint density at radius 3 is 2.82 bits per heavy atom. The van der Waals surface area contributed by atoms with Crippen molar-refractivity contribution in [3.05, 3.63) is 69.2 Å². The molecule has 2 aliphatic rings. The number of nitrogens with zero attached hydrogens (tertiary/aromatic N) is 2. The zero-order valence-electron chi connectivity index (χ0n) is 15.0. The van der Waals surface area contributed by atoms with Crippen molar-refractivity contribution in [2.24, 2.45) is 11.1 Å². The van der Waals surface area contributed by atoms with E-state index in [1.807, 2.05) is 18.2 Å². The molecular formula is C21H18Cl2N2O3. The molecule has 2 aromatic rings. The lowest BCUT2D eigenvalue weighted by Gasteiger charge is -2.41. The number of rotatable bonds is 4. The van der Waals surface area contributed by atoms with E-state index in [1.165, 1.54) is 11.8 Å². The first-order valence-electron chi connectivity index (χ1n) is 9.05. The SMILES string of the molecule is O=C1C[C@H]2c3ccccc3CCN2C(=O)[C@@H]1/C=N\OCc1ccc(Cl)cc1Cl. The van der Waals surface area contributed by atoms with Crippen LogP contribution in [-0.2, 0) is 27.5 Å². The van der Waals surface area contributed by atoms with Crippen molar-refractivity contribution < 1.29 is 14.4 Å². The van der Waals surface area contributed by atoms with Crippen LogP contribution in [0.3, 0.4) is 0 Å². The summed E-state index contributed by atoms with van der Waals surface area (Å²) >= 11 is 12.0. The molecule has 28 heavy (non-hydrogen) atoms. The van der Waals surface area contributed by atoms with Crippen LogP contribution in [0.4, 0.5) is 0 Å². The van der Waals surface area contributed by atoms with Gasteiger partial charge in [-0.25, -0.2) is 0 Å². The van der Waals surface area contributed by atoms with E-state index in [4.69, 9.17) is 28.0 Å². The van der Waals surface area contributed by atoms with E-state index < -0.39 is 5.92 Å². The summed E-state index contributed by atoms with van der Waals surface area (Å²) in [6.45, 7) is 0.737. The fourth-order valence-corrected chi connectivity index (χ4v) is 4.23. The maximum absolute atomic E-state index is 12.9. The minimum absolute atomic E-state index is 0.126. The molecule has 0 bridgehead atoms. The fraction of sp³-hybridized carbons (Fsp3) is 0.286. The van der Waals surface area contributed by atoms with Crippen molar-refractivity contribution in [2.45, 2.75) is 25.5 Å². The van der Waals surface area contributed by atoms with Crippen LogP contribution in [0.25, 0.3) is 0 Å². The lowest BCUT2D eigenvalue weighted by atomic mass is 9.82. The van der Waals surface area contributed by atoms with E-state index in [9.17, 15) is 9.59 Å². The van der Waals surface area contributed by atoms with Crippen LogP contribution in [0.1, 0.15) is 29.2 Å². The number of oxime groups is 1. The molecule has 5 nitrogen and oxygen atoms in total. The summed E-state index contributed by atoms with van der Waals surface area (Å²) in [6.07, 6.45) is 2.38. The number of amides is 1. The van der Waals surface area contributed by atoms with Gasteiger partial charge in [-0.1, -0.05) is 58.7 Å². The van der Waals surface area contributed by atoms with Gasteiger partial charge < -0.3 is 9.74 Å². The first-order chi connectivity index (χ1) is 13.5. The summed E-state index contributed by atoms with van der Waals surface area (Å²) in [7, 11) is 0. The van der Waals surface area contributed by atoms with E-state index in [1.54, 1.807) is 23.1 Å². The highest BCUT2D eigenvalue weighted by Crippen LogP contribution is 2.37. The number of Topliss-reactive ketones (excluding diaryl/α,β-unsaturated/α-hetero) is 1. The number of ketones is 1. The van der Waals surface area contributed by atoms with Crippen LogP contribution in [0, 0.1) is 5.92 Å². The van der Waals surface area contributed by atoms with Gasteiger partial charge >= 0.3 is 0 Å². The smallest absolute Gasteiger partial charge is 0.239 e. The van der Waals surface area contributed by atoms with E-state index in [2.05, 4.69) is 11.2 Å². The molecule has 0 unspecified atom stereocenters. The Hall–Kier alpha value is -2.37. The Morgan fingerprint density at radius 1 is 1.18 bits per heavy atom. The lowest BCUT2D eigenvalue weighted by molar-refractivity contribution is -0.146. The monoisotopic (exact) mass is 416 g/mol. The summed E-state index contributed by atoms with van der Waals surface area (Å²) < 4.78 is 0. The molecular weight excluding hydrogens is 399 g/mol. The van der Waals surface area contributed by atoms with Crippen LogP contribution in [0.5, 0.6) is 0 Å². The average Bonchev–Trinajstić information content (AvgIpc) is 2.68. The Kier molecular flexibility index (Phi) is 5.38. The molecule has 0 saturated carbocycles. The van der Waals surface area contributed by atoms with E-state index in [0.717, 1.165) is 17.5 Å². The molecule has 1 fully saturated rings. The largest absolute Gasteiger partial charge is 0.391 e. The highest BCUT2D eigenvalue weighted by atomic mass is 35.5. The van der Waals surface area contributed by atoms with Crippen molar-refractivity contribution >= 4 is 41.1 Å². The topological polar surface area (TPSA) is 59.0 Å². The van der Waals surface area contributed by atoms with Crippen molar-refractivity contribution in [1.29, 1.82) is 0 Å². The molecule has 1 amide bonds. The third kappa shape index (κ3) is 3.64. The quantitative estimate of drug-likeness (QED) is 0.426. The van der Waals surface area contributed by atoms with Crippen LogP contribution < -0.4 is 0 Å². The summed E-state index contributed by atoms with van der Waals surface area (Å²) in [5, 5.41) is 4.86. The van der Waals surface area contributed by atoms with Crippen LogP contribution in [-0.4, -0.2) is 29.3 Å². The standard InChI is InChI=1S/C21H18Cl2N2O3/c22-15-6-5-14(18(23)9-15)12-28-24-11-17-20(26)10-19-16-4-2-1-3-13(16)7-8-25(19)21(17)27/h1-6,9,11,17,19H,7-8,10,12H2/b24-11-/t17-,19+/m1/s1. The summed E-state index contributed by atoms with van der Waals surface area (Å²) in [5.41, 5.74) is 3.00. The lowest BCUT2D eigenvalue weighted by Crippen LogP contribution is -2.51. The van der Waals surface area contributed by atoms with Gasteiger partial charge in [0.15, 0.2) is 5.78 Å². The molecule has 0 radical (unpaired) electrons. The number of benzene rings is 2. The van der Waals surface area contributed by atoms with Crippen molar-refractivity contribution in [1.82, 2.24) is 4.90 Å². The molecule has 0 aromatic heterocycles. The number of halogens is 2. The highest BCUT2D eigenvalue weighted by Gasteiger charge is 2.43. The third-order valence-electron chi connectivity index (χ3n) is 5.22. The summed E-state index contributed by atoms with van der Waals surface area (Å²) in [6, 6.07) is 12.9. The number of carbonyl (C=O) groups excluding carboxylic acids is 2. The average molecular weight is 417 g/mol. The third-order valence-corrected chi connectivity index (χ3v) is 5.81. The molecule has 2 aromatic carbocycles. The zero-order valence-corrected chi connectivity index (χ0v) is 16.5. The van der Waals surface area contributed by atoms with Crippen LogP contribution in [0.15, 0.2) is 47.6 Å². The van der Waals surface area contributed by atoms with Crippen molar-refractivity contribution in [3.63, 3.8) is 0 Å². The van der Waals surface area contributed by atoms with Gasteiger partial charge in [-0.2, -0.15) is 0 Å². The van der Waals surface area contributed by atoms with Crippen molar-refractivity contribution in [3.8, 4) is 0 Å². The molecule has 7 heteroatoms. The van der Waals surface area contributed by atoms with Gasteiger partial charge in [-0.05, 0) is 29.7 Å². The second-order valence-electron chi connectivity index (χ2n) is 6.91. The predicted octanol–water partition coefficient (Wildman–Crippen LogP) is 4.21. The van der Waals surface area contributed by atoms with Gasteiger partial charge in [-0.15, -0.1) is 0 Å². The Morgan fingerprint density at radius 2 is 2.00 bits per heavy atom. The van der Waals surface area contributed by atoms with Gasteiger partial charge in [0.25, 0.3) is 0 Å². The van der Waals surface area contributed by atoms with Gasteiger partial charge in [-0.3, -0.25) is 9.59 Å². The minimum Gasteiger partial charge on any atom is -0.391 e. The van der Waals surface area contributed by atoms with Gasteiger partial charge in [0.05, 0.1) is 12.3 Å². The van der Waals surface area contributed by atoms with Crippen LogP contribution in [0.2, 0.25) is 10.0 Å². The molecule has 144 valence electrons. The van der Waals surface area contributed by atoms with E-state index >= 15 is 0 Å². The molecule has 0 spiro atoms. The second-order valence-corrected chi connectivity index (χ2v) is 7.75. The zero-order chi connectivity index (χ0) is 19.7. The molecule has 2 aliphatic heterocycles. The first kappa shape index (κ1) is 19.0. The maximum atomic E-state index is 12.9. The number of piperidine rings is 1. The number of carbonyl (C=O) groups is 2. The van der Waals surface area contributed by atoms with Gasteiger partial charge in [0.1, 0.15) is 12.5 Å². The Labute approximate surface area is 172 Å². The maximum Gasteiger partial charge on any atom is 0.239 e. The number of hydrogen-bond acceptors (Lipinski definition) is 4. The summed E-state index contributed by atoms with van der Waals surface area (Å²) in [5.74, 6) is -1.25. The van der Waals surface area contributed by atoms with Gasteiger partial charge in [0.2, 0.25) is 5.91 Å². The summed E-state index contributed by atoms with van der Waals surface area (Å²) in [4.78, 5) is 32.5. The highest BCUT2D eigenvalue weighted by molar-refractivity contribution is 6.35. The number of hydrogen-bond donors (Lipinski definition) is 0. The normalized spacial score (nSPS) is 21.6. The molecule has 0 aliphatic carbocycles. The van der Waals surface area contributed by atoms with E-state index in [-0.39, 0.29) is 24.3 Å². The molecule has 4 rings (SSSR count). The molecule has 2 heterocycles. The molecule has 1 saturated heterocycles. The van der Waals surface area contributed by atoms with Crippen LogP contribution >= 0.6 is 23.2 Å². The first-order valence-corrected chi connectivity index (χ1v) is 9.80. The Balaban J connectivity index is 1.43. The van der Waals surface area contributed by atoms with Crippen molar-refractivity contribution in [2.75, 3.05) is 6.54 Å². The second kappa shape index (κ2) is 7.94. The fourth-order valence-electron chi connectivity index (χ4n) is 3.77. The van der Waals surface area contributed by atoms with Gasteiger partial charge in [0, 0.05) is 28.6 Å². The Bertz CT molecular complexity index is 960. The predicted molar refractivity (Wildman–Crippen MR) is 107 cm³/mol. The molecule has 0 N–H and O–H groups in total. The molecule has 2 atom stereocenters. The minimum atomic E-state index is -0.901.